The molecular formula is C21H25NO5S2. The summed E-state index contributed by atoms with van der Waals surface area (Å²) in [6.07, 6.45) is 2.06. The average molecular weight is 436 g/mol. The highest BCUT2D eigenvalue weighted by molar-refractivity contribution is 7.86. The van der Waals surface area contributed by atoms with Crippen molar-refractivity contribution in [2.24, 2.45) is 0 Å². The molecule has 1 aromatic heterocycles. The van der Waals surface area contributed by atoms with Crippen molar-refractivity contribution in [2.75, 3.05) is 25.6 Å². The van der Waals surface area contributed by atoms with Gasteiger partial charge in [0.25, 0.3) is 10.1 Å². The summed E-state index contributed by atoms with van der Waals surface area (Å²) in [6, 6.07) is 12.1. The van der Waals surface area contributed by atoms with E-state index in [1.54, 1.807) is 11.3 Å². The lowest BCUT2D eigenvalue weighted by molar-refractivity contribution is -0.0186. The van der Waals surface area contributed by atoms with Crippen molar-refractivity contribution in [3.8, 4) is 0 Å². The van der Waals surface area contributed by atoms with E-state index >= 15 is 0 Å². The number of benzene rings is 1. The molecule has 5 rings (SSSR count). The first-order valence-electron chi connectivity index (χ1n) is 10.1. The van der Waals surface area contributed by atoms with E-state index in [1.807, 2.05) is 24.3 Å². The minimum absolute atomic E-state index is 0.0394. The Morgan fingerprint density at radius 2 is 2.07 bits per heavy atom. The van der Waals surface area contributed by atoms with Crippen LogP contribution in [0.1, 0.15) is 40.9 Å². The van der Waals surface area contributed by atoms with Crippen LogP contribution in [0.2, 0.25) is 0 Å². The third kappa shape index (κ3) is 4.02. The van der Waals surface area contributed by atoms with Crippen LogP contribution in [0.3, 0.4) is 0 Å². The van der Waals surface area contributed by atoms with Gasteiger partial charge in [-0.05, 0) is 41.8 Å². The molecule has 8 heteroatoms. The van der Waals surface area contributed by atoms with Gasteiger partial charge in [-0.15, -0.1) is 11.3 Å². The van der Waals surface area contributed by atoms with Crippen molar-refractivity contribution in [3.05, 3.63) is 57.8 Å². The number of hydrogen-bond acceptors (Lipinski definition) is 7. The highest BCUT2D eigenvalue weighted by Crippen LogP contribution is 2.40. The molecule has 0 spiro atoms. The number of aryl methyl sites for hydroxylation is 1. The van der Waals surface area contributed by atoms with Gasteiger partial charge in [0.2, 0.25) is 0 Å². The fourth-order valence-corrected chi connectivity index (χ4v) is 6.65. The van der Waals surface area contributed by atoms with Gasteiger partial charge in [0.15, 0.2) is 0 Å². The van der Waals surface area contributed by atoms with Crippen molar-refractivity contribution in [2.45, 2.75) is 43.6 Å². The van der Waals surface area contributed by atoms with Crippen LogP contribution in [0, 0.1) is 0 Å². The number of thiophene rings is 1. The van der Waals surface area contributed by atoms with Gasteiger partial charge in [-0.3, -0.25) is 9.08 Å². The van der Waals surface area contributed by atoms with Crippen LogP contribution in [-0.2, 0) is 30.2 Å². The Labute approximate surface area is 175 Å². The molecule has 156 valence electrons. The van der Waals surface area contributed by atoms with Gasteiger partial charge < -0.3 is 9.47 Å². The molecule has 6 nitrogen and oxygen atoms in total. The van der Waals surface area contributed by atoms with E-state index in [9.17, 15) is 8.42 Å². The number of hydrogen-bond donors (Lipinski definition) is 0. The monoisotopic (exact) mass is 435 g/mol. The van der Waals surface area contributed by atoms with Crippen molar-refractivity contribution >= 4 is 21.5 Å². The summed E-state index contributed by atoms with van der Waals surface area (Å²) in [5, 5.41) is 2.06. The summed E-state index contributed by atoms with van der Waals surface area (Å²) in [5.74, 6) is 0.173. The molecule has 3 aliphatic rings. The number of fused-ring (bicyclic) bond motifs is 2. The quantitative estimate of drug-likeness (QED) is 0.649. The molecule has 0 amide bonds. The highest BCUT2D eigenvalue weighted by Gasteiger charge is 2.48. The van der Waals surface area contributed by atoms with Gasteiger partial charge in [0.05, 0.1) is 5.75 Å². The van der Waals surface area contributed by atoms with Crippen molar-refractivity contribution in [1.29, 1.82) is 0 Å². The Hall–Kier alpha value is -1.29. The van der Waals surface area contributed by atoms with Crippen molar-refractivity contribution in [1.82, 2.24) is 4.90 Å². The van der Waals surface area contributed by atoms with Crippen LogP contribution in [0.15, 0.2) is 41.8 Å². The average Bonchev–Trinajstić information content (AvgIpc) is 3.45. The molecule has 3 heterocycles. The maximum atomic E-state index is 12.7. The smallest absolute Gasteiger partial charge is 0.269 e. The second-order valence-electron chi connectivity index (χ2n) is 7.86. The summed E-state index contributed by atoms with van der Waals surface area (Å²) in [7, 11) is -3.65. The van der Waals surface area contributed by atoms with Crippen LogP contribution in [0.5, 0.6) is 0 Å². The number of likely N-dealkylation sites (tertiary alicyclic amines) is 1. The number of nitrogens with zero attached hydrogens (tertiary/aromatic N) is 1. The summed E-state index contributed by atoms with van der Waals surface area (Å²) in [6.45, 7) is 1.37. The highest BCUT2D eigenvalue weighted by atomic mass is 32.2. The summed E-state index contributed by atoms with van der Waals surface area (Å²) in [4.78, 5) is 3.34. The normalized spacial score (nSPS) is 29.7. The molecule has 2 saturated heterocycles. The fourth-order valence-electron chi connectivity index (χ4n) is 4.69. The van der Waals surface area contributed by atoms with Gasteiger partial charge >= 0.3 is 0 Å². The summed E-state index contributed by atoms with van der Waals surface area (Å²) in [5.41, 5.74) is 2.20. The van der Waals surface area contributed by atoms with E-state index in [2.05, 4.69) is 22.4 Å². The third-order valence-electron chi connectivity index (χ3n) is 6.08. The molecule has 29 heavy (non-hydrogen) atoms. The molecule has 1 aliphatic carbocycles. The van der Waals surface area contributed by atoms with Gasteiger partial charge in [0.1, 0.15) is 25.2 Å². The zero-order chi connectivity index (χ0) is 19.8. The number of ether oxygens (including phenoxy) is 2. The maximum Gasteiger partial charge on any atom is 0.269 e. The molecule has 2 aliphatic heterocycles. The Morgan fingerprint density at radius 3 is 2.93 bits per heavy atom. The molecule has 1 aromatic carbocycles. The lowest BCUT2D eigenvalue weighted by Crippen LogP contribution is -2.37. The molecule has 0 bridgehead atoms. The third-order valence-corrected chi connectivity index (χ3v) is 8.29. The molecule has 0 saturated carbocycles. The van der Waals surface area contributed by atoms with Gasteiger partial charge in [0, 0.05) is 23.9 Å². The first-order chi connectivity index (χ1) is 14.1. The second kappa shape index (κ2) is 8.09. The molecule has 2 aromatic rings. The molecule has 4 unspecified atom stereocenters. The minimum Gasteiger partial charge on any atom is -0.347 e. The van der Waals surface area contributed by atoms with Crippen LogP contribution in [0.25, 0.3) is 0 Å². The molecule has 0 radical (unpaired) electrons. The Bertz CT molecular complexity index is 946. The van der Waals surface area contributed by atoms with E-state index in [4.69, 9.17) is 13.7 Å². The van der Waals surface area contributed by atoms with Crippen molar-refractivity contribution < 1.29 is 22.1 Å². The minimum atomic E-state index is -3.65. The lowest BCUT2D eigenvalue weighted by Gasteiger charge is -2.26. The van der Waals surface area contributed by atoms with E-state index in [0.29, 0.717) is 6.54 Å². The van der Waals surface area contributed by atoms with Crippen LogP contribution in [-0.4, -0.2) is 51.3 Å². The largest absolute Gasteiger partial charge is 0.347 e. The molecule has 0 N–H and O–H groups in total. The van der Waals surface area contributed by atoms with E-state index in [-0.39, 0.29) is 36.9 Å². The zero-order valence-electron chi connectivity index (χ0n) is 16.1. The number of rotatable bonds is 6. The molecule has 4 atom stereocenters. The fraction of sp³-hybridized carbons (Fsp3) is 0.524. The van der Waals surface area contributed by atoms with Crippen molar-refractivity contribution in [3.63, 3.8) is 0 Å². The van der Waals surface area contributed by atoms with Gasteiger partial charge in [-0.25, -0.2) is 0 Å². The standard InChI is InChI=1S/C21H25NO5S2/c23-29(24,27-18-8-3-6-15-5-1-2-7-16(15)18)12-10-22-13-17(19-9-4-11-28-19)20-21(22)26-14-25-20/h1-2,4-5,7,9,11,17-18,20-21H,3,6,8,10,12-14H2. The van der Waals surface area contributed by atoms with E-state index < -0.39 is 10.1 Å². The zero-order valence-corrected chi connectivity index (χ0v) is 17.7. The van der Waals surface area contributed by atoms with E-state index in [1.165, 1.54) is 10.4 Å². The Morgan fingerprint density at radius 1 is 1.17 bits per heavy atom. The van der Waals surface area contributed by atoms with Crippen LogP contribution < -0.4 is 0 Å². The van der Waals surface area contributed by atoms with Crippen LogP contribution >= 0.6 is 11.3 Å². The summed E-state index contributed by atoms with van der Waals surface area (Å²) >= 11 is 1.71. The Kier molecular flexibility index (Phi) is 5.49. The predicted molar refractivity (Wildman–Crippen MR) is 110 cm³/mol. The van der Waals surface area contributed by atoms with Crippen LogP contribution in [0.4, 0.5) is 0 Å². The second-order valence-corrected chi connectivity index (χ2v) is 10.6. The van der Waals surface area contributed by atoms with Gasteiger partial charge in [-0.1, -0.05) is 30.3 Å². The maximum absolute atomic E-state index is 12.7. The summed E-state index contributed by atoms with van der Waals surface area (Å²) < 4.78 is 42.7. The first kappa shape index (κ1) is 19.7. The Balaban J connectivity index is 1.24. The molecular weight excluding hydrogens is 410 g/mol. The van der Waals surface area contributed by atoms with Gasteiger partial charge in [-0.2, -0.15) is 8.42 Å². The first-order valence-corrected chi connectivity index (χ1v) is 12.6. The van der Waals surface area contributed by atoms with E-state index in [0.717, 1.165) is 31.4 Å². The molecule has 2 fully saturated rings. The predicted octanol–water partition coefficient (Wildman–Crippen LogP) is 3.27. The topological polar surface area (TPSA) is 65.1 Å². The lowest BCUT2D eigenvalue weighted by atomic mass is 9.90. The SMILES string of the molecule is O=S(=O)(CCN1CC(c2cccs2)C2OCOC21)OC1CCCc2ccccc21.